The van der Waals surface area contributed by atoms with Gasteiger partial charge in [0, 0.05) is 15.6 Å². The highest BCUT2D eigenvalue weighted by molar-refractivity contribution is 8.00. The van der Waals surface area contributed by atoms with Crippen LogP contribution in [0.15, 0.2) is 71.6 Å². The van der Waals surface area contributed by atoms with Gasteiger partial charge in [0.25, 0.3) is 0 Å². The minimum absolute atomic E-state index is 0.0543. The molecule has 4 rings (SSSR count). The standard InChI is InChI=1S/C21H17ClN4OS/c1-14-11-19-20(25-26(24-19)16-9-7-15(22)8-10-16)12-18(14)23-21(27)13-28-17-5-3-2-4-6-17/h2-12H,13H2,1H3,(H,23,27). The van der Waals surface area contributed by atoms with Crippen LogP contribution in [0.3, 0.4) is 0 Å². The van der Waals surface area contributed by atoms with E-state index in [1.165, 1.54) is 11.8 Å². The molecular formula is C21H17ClN4OS. The van der Waals surface area contributed by atoms with Gasteiger partial charge in [-0.3, -0.25) is 4.79 Å². The number of aromatic nitrogens is 3. The van der Waals surface area contributed by atoms with Crippen molar-refractivity contribution in [2.45, 2.75) is 11.8 Å². The predicted molar refractivity (Wildman–Crippen MR) is 114 cm³/mol. The third-order valence-corrected chi connectivity index (χ3v) is 5.44. The first kappa shape index (κ1) is 18.5. The van der Waals surface area contributed by atoms with Crippen molar-refractivity contribution < 1.29 is 4.79 Å². The van der Waals surface area contributed by atoms with E-state index < -0.39 is 0 Å². The van der Waals surface area contributed by atoms with Crippen molar-refractivity contribution >= 4 is 46.0 Å². The van der Waals surface area contributed by atoms with Gasteiger partial charge in [0.1, 0.15) is 11.0 Å². The number of fused-ring (bicyclic) bond motifs is 1. The summed E-state index contributed by atoms with van der Waals surface area (Å²) in [6, 6.07) is 21.0. The Bertz CT molecular complexity index is 1130. The molecule has 28 heavy (non-hydrogen) atoms. The van der Waals surface area contributed by atoms with Crippen LogP contribution in [-0.4, -0.2) is 26.7 Å². The smallest absolute Gasteiger partial charge is 0.234 e. The Labute approximate surface area is 171 Å². The number of rotatable bonds is 5. The number of nitrogens with zero attached hydrogens (tertiary/aromatic N) is 3. The van der Waals surface area contributed by atoms with Crippen LogP contribution in [0, 0.1) is 6.92 Å². The van der Waals surface area contributed by atoms with E-state index in [0.29, 0.717) is 16.3 Å². The molecule has 1 aromatic heterocycles. The number of aryl methyl sites for hydroxylation is 1. The lowest BCUT2D eigenvalue weighted by molar-refractivity contribution is -0.113. The Kier molecular flexibility index (Phi) is 5.32. The molecule has 0 saturated heterocycles. The maximum atomic E-state index is 12.3. The molecule has 0 atom stereocenters. The maximum Gasteiger partial charge on any atom is 0.234 e. The van der Waals surface area contributed by atoms with E-state index in [1.54, 1.807) is 16.9 Å². The molecule has 3 aromatic carbocycles. The van der Waals surface area contributed by atoms with Crippen LogP contribution in [0.4, 0.5) is 5.69 Å². The van der Waals surface area contributed by atoms with Gasteiger partial charge in [-0.2, -0.15) is 4.80 Å². The molecule has 1 heterocycles. The SMILES string of the molecule is Cc1cc2nn(-c3ccc(Cl)cc3)nc2cc1NC(=O)CSc1ccccc1. The van der Waals surface area contributed by atoms with Crippen LogP contribution in [0.25, 0.3) is 16.7 Å². The predicted octanol–water partition coefficient (Wildman–Crippen LogP) is 5.11. The highest BCUT2D eigenvalue weighted by Gasteiger charge is 2.11. The molecule has 0 radical (unpaired) electrons. The zero-order valence-corrected chi connectivity index (χ0v) is 16.7. The van der Waals surface area contributed by atoms with Crippen molar-refractivity contribution in [3.63, 3.8) is 0 Å². The number of carbonyl (C=O) groups is 1. The first-order valence-electron chi connectivity index (χ1n) is 8.70. The molecule has 1 amide bonds. The first-order chi connectivity index (χ1) is 13.6. The Balaban J connectivity index is 1.52. The van der Waals surface area contributed by atoms with Crippen molar-refractivity contribution in [2.24, 2.45) is 0 Å². The summed E-state index contributed by atoms with van der Waals surface area (Å²) in [4.78, 5) is 15.0. The van der Waals surface area contributed by atoms with Crippen molar-refractivity contribution in [2.75, 3.05) is 11.1 Å². The third-order valence-electron chi connectivity index (χ3n) is 4.17. The number of amides is 1. The number of carbonyl (C=O) groups excluding carboxylic acids is 1. The van der Waals surface area contributed by atoms with Gasteiger partial charge >= 0.3 is 0 Å². The van der Waals surface area contributed by atoms with Crippen LogP contribution >= 0.6 is 23.4 Å². The van der Waals surface area contributed by atoms with Gasteiger partial charge in [0.2, 0.25) is 5.91 Å². The fourth-order valence-electron chi connectivity index (χ4n) is 2.74. The van der Waals surface area contributed by atoms with Gasteiger partial charge < -0.3 is 5.32 Å². The molecule has 0 fully saturated rings. The van der Waals surface area contributed by atoms with Crippen LogP contribution in [0.5, 0.6) is 0 Å². The molecule has 0 spiro atoms. The Morgan fingerprint density at radius 3 is 2.43 bits per heavy atom. The Morgan fingerprint density at radius 2 is 1.71 bits per heavy atom. The van der Waals surface area contributed by atoms with Crippen molar-refractivity contribution in [3.8, 4) is 5.69 Å². The lowest BCUT2D eigenvalue weighted by atomic mass is 10.2. The van der Waals surface area contributed by atoms with Crippen LogP contribution in [0.2, 0.25) is 5.02 Å². The van der Waals surface area contributed by atoms with E-state index in [9.17, 15) is 4.79 Å². The summed E-state index contributed by atoms with van der Waals surface area (Å²) in [6.07, 6.45) is 0. The topological polar surface area (TPSA) is 59.8 Å². The van der Waals surface area contributed by atoms with Crippen LogP contribution in [-0.2, 0) is 4.79 Å². The number of hydrogen-bond donors (Lipinski definition) is 1. The van der Waals surface area contributed by atoms with Gasteiger partial charge in [-0.1, -0.05) is 29.8 Å². The molecule has 0 aliphatic heterocycles. The zero-order valence-electron chi connectivity index (χ0n) is 15.1. The minimum Gasteiger partial charge on any atom is -0.325 e. The number of nitrogens with one attached hydrogen (secondary N) is 1. The normalized spacial score (nSPS) is 10.9. The summed E-state index contributed by atoms with van der Waals surface area (Å²) in [5.74, 6) is 0.292. The van der Waals surface area contributed by atoms with Gasteiger partial charge in [0.05, 0.1) is 11.4 Å². The fourth-order valence-corrected chi connectivity index (χ4v) is 3.59. The Hall–Kier alpha value is -2.83. The van der Waals surface area contributed by atoms with Crippen molar-refractivity contribution in [3.05, 3.63) is 77.3 Å². The molecule has 140 valence electrons. The van der Waals surface area contributed by atoms with Crippen molar-refractivity contribution in [1.29, 1.82) is 0 Å². The molecule has 4 aromatic rings. The summed E-state index contributed by atoms with van der Waals surface area (Å²) in [5.41, 5.74) is 3.99. The summed E-state index contributed by atoms with van der Waals surface area (Å²) < 4.78 is 0. The van der Waals surface area contributed by atoms with E-state index in [4.69, 9.17) is 11.6 Å². The zero-order chi connectivity index (χ0) is 19.5. The maximum absolute atomic E-state index is 12.3. The van der Waals surface area contributed by atoms with Crippen LogP contribution in [0.1, 0.15) is 5.56 Å². The van der Waals surface area contributed by atoms with Gasteiger partial charge in [-0.15, -0.1) is 22.0 Å². The van der Waals surface area contributed by atoms with E-state index in [-0.39, 0.29) is 5.91 Å². The molecule has 0 bridgehead atoms. The van der Waals surface area contributed by atoms with E-state index in [2.05, 4.69) is 15.5 Å². The van der Waals surface area contributed by atoms with E-state index in [1.807, 2.05) is 61.5 Å². The largest absolute Gasteiger partial charge is 0.325 e. The van der Waals surface area contributed by atoms with Crippen molar-refractivity contribution in [1.82, 2.24) is 15.0 Å². The second kappa shape index (κ2) is 8.04. The molecule has 5 nitrogen and oxygen atoms in total. The quantitative estimate of drug-likeness (QED) is 0.466. The van der Waals surface area contributed by atoms with E-state index in [0.717, 1.165) is 27.4 Å². The third kappa shape index (κ3) is 4.18. The van der Waals surface area contributed by atoms with Gasteiger partial charge in [-0.25, -0.2) is 0 Å². The van der Waals surface area contributed by atoms with Gasteiger partial charge in [0.15, 0.2) is 0 Å². The number of benzene rings is 3. The van der Waals surface area contributed by atoms with Crippen LogP contribution < -0.4 is 5.32 Å². The number of halogens is 1. The second-order valence-corrected chi connectivity index (χ2v) is 7.76. The molecule has 0 aliphatic carbocycles. The second-order valence-electron chi connectivity index (χ2n) is 6.27. The fraction of sp³-hybridized carbons (Fsp3) is 0.0952. The Morgan fingerprint density at radius 1 is 1.04 bits per heavy atom. The van der Waals surface area contributed by atoms with E-state index >= 15 is 0 Å². The summed E-state index contributed by atoms with van der Waals surface area (Å²) in [6.45, 7) is 1.95. The monoisotopic (exact) mass is 408 g/mol. The molecule has 0 aliphatic rings. The molecule has 0 unspecified atom stereocenters. The number of anilines is 1. The minimum atomic E-state index is -0.0543. The number of hydrogen-bond acceptors (Lipinski definition) is 4. The highest BCUT2D eigenvalue weighted by Crippen LogP contribution is 2.23. The lowest BCUT2D eigenvalue weighted by Crippen LogP contribution is -2.14. The van der Waals surface area contributed by atoms with Gasteiger partial charge in [-0.05, 0) is 61.0 Å². The summed E-state index contributed by atoms with van der Waals surface area (Å²) in [5, 5.41) is 12.7. The summed E-state index contributed by atoms with van der Waals surface area (Å²) in [7, 11) is 0. The molecule has 1 N–H and O–H groups in total. The average molecular weight is 409 g/mol. The molecule has 0 saturated carbocycles. The first-order valence-corrected chi connectivity index (χ1v) is 10.1. The summed E-state index contributed by atoms with van der Waals surface area (Å²) >= 11 is 7.45. The average Bonchev–Trinajstić information content (AvgIpc) is 3.10. The highest BCUT2D eigenvalue weighted by atomic mass is 35.5. The molecular weight excluding hydrogens is 392 g/mol. The lowest BCUT2D eigenvalue weighted by Gasteiger charge is -2.08. The molecule has 7 heteroatoms. The number of thioether (sulfide) groups is 1.